The summed E-state index contributed by atoms with van der Waals surface area (Å²) in [5.41, 5.74) is 5.91. The number of imidazole rings is 1. The molecule has 0 aliphatic carbocycles. The number of likely N-dealkylation sites (tertiary alicyclic amines) is 1. The monoisotopic (exact) mass is 429 g/mol. The van der Waals surface area contributed by atoms with E-state index in [4.69, 9.17) is 0 Å². The molecule has 1 aromatic heterocycles. The van der Waals surface area contributed by atoms with Gasteiger partial charge in [0.2, 0.25) is 0 Å². The Bertz CT molecular complexity index is 1070. The molecule has 2 unspecified atom stereocenters. The fraction of sp³-hybridized carbons (Fsp3) is 0.483. The Morgan fingerprint density at radius 3 is 2.22 bits per heavy atom. The molecule has 170 valence electrons. The van der Waals surface area contributed by atoms with Gasteiger partial charge in [0.05, 0.1) is 0 Å². The van der Waals surface area contributed by atoms with Crippen molar-refractivity contribution in [3.05, 3.63) is 77.6 Å². The van der Waals surface area contributed by atoms with Crippen LogP contribution in [0, 0.1) is 0 Å². The summed E-state index contributed by atoms with van der Waals surface area (Å²) in [4.78, 5) is 7.24. The van der Waals surface area contributed by atoms with Crippen LogP contribution in [0.4, 0.5) is 0 Å². The molecule has 2 aromatic carbocycles. The van der Waals surface area contributed by atoms with E-state index in [1.54, 1.807) is 5.56 Å². The Morgan fingerprint density at radius 1 is 0.906 bits per heavy atom. The van der Waals surface area contributed by atoms with Crippen LogP contribution in [0.3, 0.4) is 0 Å². The zero-order chi connectivity index (χ0) is 23.1. The van der Waals surface area contributed by atoms with E-state index in [9.17, 15) is 0 Å². The quantitative estimate of drug-likeness (QED) is 0.459. The van der Waals surface area contributed by atoms with Crippen molar-refractivity contribution < 1.29 is 0 Å². The lowest BCUT2D eigenvalue weighted by atomic mass is 9.75. The molecule has 0 bridgehead atoms. The molecule has 3 heteroatoms. The third kappa shape index (κ3) is 4.41. The van der Waals surface area contributed by atoms with Crippen molar-refractivity contribution in [1.29, 1.82) is 0 Å². The highest BCUT2D eigenvalue weighted by atomic mass is 15.2. The zero-order valence-corrected chi connectivity index (χ0v) is 20.9. The maximum atomic E-state index is 4.64. The molecule has 1 aliphatic heterocycles. The highest BCUT2D eigenvalue weighted by Crippen LogP contribution is 2.42. The lowest BCUT2D eigenvalue weighted by Crippen LogP contribution is -2.32. The first-order chi connectivity index (χ1) is 15.1. The van der Waals surface area contributed by atoms with Crippen LogP contribution in [0.5, 0.6) is 0 Å². The van der Waals surface area contributed by atoms with Gasteiger partial charge in [0, 0.05) is 37.6 Å². The molecule has 0 N–H and O–H groups in total. The van der Waals surface area contributed by atoms with Crippen molar-refractivity contribution in [3.63, 3.8) is 0 Å². The molecule has 0 radical (unpaired) electrons. The van der Waals surface area contributed by atoms with E-state index < -0.39 is 0 Å². The number of aryl methyl sites for hydroxylation is 1. The van der Waals surface area contributed by atoms with Crippen LogP contribution in [0.15, 0.2) is 60.9 Å². The van der Waals surface area contributed by atoms with Crippen LogP contribution >= 0.6 is 0 Å². The van der Waals surface area contributed by atoms with Crippen LogP contribution in [0.25, 0.3) is 11.4 Å². The lowest BCUT2D eigenvalue weighted by Gasteiger charge is -2.33. The van der Waals surface area contributed by atoms with Gasteiger partial charge in [0.25, 0.3) is 0 Å². The number of benzene rings is 2. The summed E-state index contributed by atoms with van der Waals surface area (Å²) in [7, 11) is 4.39. The molecule has 1 aliphatic rings. The summed E-state index contributed by atoms with van der Waals surface area (Å²) in [6, 6.07) is 18.5. The predicted molar refractivity (Wildman–Crippen MR) is 135 cm³/mol. The average Bonchev–Trinajstić information content (AvgIpc) is 3.32. The molecule has 0 amide bonds. The fourth-order valence-corrected chi connectivity index (χ4v) is 5.67. The minimum Gasteiger partial charge on any atom is -0.334 e. The van der Waals surface area contributed by atoms with E-state index in [0.29, 0.717) is 12.0 Å². The van der Waals surface area contributed by atoms with E-state index >= 15 is 0 Å². The third-order valence-electron chi connectivity index (χ3n) is 7.36. The minimum atomic E-state index is 0.0555. The second-order valence-corrected chi connectivity index (χ2v) is 11.4. The van der Waals surface area contributed by atoms with E-state index in [1.807, 2.05) is 12.4 Å². The Morgan fingerprint density at radius 2 is 1.56 bits per heavy atom. The Labute approximate surface area is 194 Å². The van der Waals surface area contributed by atoms with Crippen molar-refractivity contribution in [2.24, 2.45) is 7.05 Å². The number of hydrogen-bond donors (Lipinski definition) is 0. The normalized spacial score (nSPS) is 20.1. The Hall–Kier alpha value is -2.39. The number of aromatic nitrogens is 2. The van der Waals surface area contributed by atoms with E-state index in [2.05, 4.69) is 112 Å². The largest absolute Gasteiger partial charge is 0.334 e. The fourth-order valence-electron chi connectivity index (χ4n) is 5.67. The second-order valence-electron chi connectivity index (χ2n) is 11.4. The molecule has 2 heterocycles. The predicted octanol–water partition coefficient (Wildman–Crippen LogP) is 6.54. The van der Waals surface area contributed by atoms with Gasteiger partial charge in [0.15, 0.2) is 0 Å². The van der Waals surface area contributed by atoms with E-state index in [0.717, 1.165) is 18.8 Å². The Kier molecular flexibility index (Phi) is 6.06. The van der Waals surface area contributed by atoms with Crippen LogP contribution in [-0.4, -0.2) is 34.1 Å². The van der Waals surface area contributed by atoms with Gasteiger partial charge in [-0.1, -0.05) is 83.1 Å². The van der Waals surface area contributed by atoms with Gasteiger partial charge in [-0.3, -0.25) is 0 Å². The van der Waals surface area contributed by atoms with Crippen LogP contribution in [0.2, 0.25) is 0 Å². The van der Waals surface area contributed by atoms with Gasteiger partial charge < -0.3 is 9.47 Å². The van der Waals surface area contributed by atoms with Crippen molar-refractivity contribution in [1.82, 2.24) is 14.5 Å². The summed E-state index contributed by atoms with van der Waals surface area (Å²) >= 11 is 0. The highest BCUT2D eigenvalue weighted by Gasteiger charge is 2.37. The molecule has 1 fully saturated rings. The van der Waals surface area contributed by atoms with Gasteiger partial charge >= 0.3 is 0 Å². The molecule has 3 aromatic rings. The summed E-state index contributed by atoms with van der Waals surface area (Å²) in [5.74, 6) is 1.64. The average molecular weight is 430 g/mol. The number of hydrogen-bond acceptors (Lipinski definition) is 2. The smallest absolute Gasteiger partial charge is 0.139 e. The van der Waals surface area contributed by atoms with Crippen molar-refractivity contribution in [3.8, 4) is 11.4 Å². The van der Waals surface area contributed by atoms with Crippen molar-refractivity contribution >= 4 is 0 Å². The number of likely N-dealkylation sites (N-methyl/N-ethyl adjacent to an activating group) is 1. The second kappa shape index (κ2) is 8.51. The molecule has 32 heavy (non-hydrogen) atoms. The van der Waals surface area contributed by atoms with Gasteiger partial charge in [-0.2, -0.15) is 0 Å². The van der Waals surface area contributed by atoms with Crippen LogP contribution < -0.4 is 0 Å². The van der Waals surface area contributed by atoms with Gasteiger partial charge in [-0.15, -0.1) is 0 Å². The first-order valence-electron chi connectivity index (χ1n) is 11.9. The van der Waals surface area contributed by atoms with E-state index in [-0.39, 0.29) is 10.8 Å². The summed E-state index contributed by atoms with van der Waals surface area (Å²) < 4.78 is 2.12. The molecule has 1 saturated heterocycles. The SMILES string of the molecule is CN1CC(c2ccccc2C(C)(C)C)CC1CC(C)(C)c1ccccc1-c1nccn1C. The zero-order valence-electron chi connectivity index (χ0n) is 20.9. The first-order valence-corrected chi connectivity index (χ1v) is 11.9. The first kappa shape index (κ1) is 22.8. The molecule has 0 saturated carbocycles. The Balaban J connectivity index is 1.59. The van der Waals surface area contributed by atoms with Crippen LogP contribution in [0.1, 0.15) is 70.1 Å². The van der Waals surface area contributed by atoms with Crippen LogP contribution in [-0.2, 0) is 17.9 Å². The molecular weight excluding hydrogens is 390 g/mol. The molecule has 3 nitrogen and oxygen atoms in total. The number of rotatable bonds is 5. The maximum Gasteiger partial charge on any atom is 0.139 e. The third-order valence-corrected chi connectivity index (χ3v) is 7.36. The van der Waals surface area contributed by atoms with Gasteiger partial charge in [-0.25, -0.2) is 4.98 Å². The van der Waals surface area contributed by atoms with Crippen molar-refractivity contribution in [2.75, 3.05) is 13.6 Å². The topological polar surface area (TPSA) is 21.1 Å². The summed E-state index contributed by atoms with van der Waals surface area (Å²) in [5, 5.41) is 0. The minimum absolute atomic E-state index is 0.0555. The summed E-state index contributed by atoms with van der Waals surface area (Å²) in [6.07, 6.45) is 6.28. The standard InChI is InChI=1S/C29H39N3/c1-28(2,3)25-14-10-8-12-23(25)21-18-22(32(7)20-21)19-29(4,5)26-15-11-9-13-24(26)27-30-16-17-31(27)6/h8-17,21-22H,18-20H2,1-7H3. The highest BCUT2D eigenvalue weighted by molar-refractivity contribution is 5.62. The molecular formula is C29H39N3. The maximum absolute atomic E-state index is 4.64. The van der Waals surface area contributed by atoms with Gasteiger partial charge in [-0.05, 0) is 53.3 Å². The number of nitrogens with zero attached hydrogens (tertiary/aromatic N) is 3. The van der Waals surface area contributed by atoms with Gasteiger partial charge in [0.1, 0.15) is 5.82 Å². The molecule has 0 spiro atoms. The molecule has 2 atom stereocenters. The molecule has 4 rings (SSSR count). The summed E-state index contributed by atoms with van der Waals surface area (Å²) in [6.45, 7) is 12.9. The van der Waals surface area contributed by atoms with Crippen molar-refractivity contribution in [2.45, 2.75) is 70.3 Å². The lowest BCUT2D eigenvalue weighted by molar-refractivity contribution is 0.254. The van der Waals surface area contributed by atoms with E-state index in [1.165, 1.54) is 23.1 Å².